The van der Waals surface area contributed by atoms with Crippen molar-refractivity contribution in [3.8, 4) is 11.3 Å². The first-order chi connectivity index (χ1) is 7.66. The highest BCUT2D eigenvalue weighted by molar-refractivity contribution is 9.10. The van der Waals surface area contributed by atoms with Crippen LogP contribution in [0.15, 0.2) is 47.1 Å². The molecule has 1 heterocycles. The predicted molar refractivity (Wildman–Crippen MR) is 71.5 cm³/mol. The minimum Gasteiger partial charge on any atom is -0.256 e. The van der Waals surface area contributed by atoms with E-state index in [1.165, 1.54) is 5.56 Å². The summed E-state index contributed by atoms with van der Waals surface area (Å²) in [6, 6.07) is 12.5. The maximum atomic E-state index is 4.41. The summed E-state index contributed by atoms with van der Waals surface area (Å²) in [4.78, 5) is 4.41. The lowest BCUT2D eigenvalue weighted by molar-refractivity contribution is 0.864. The molecule has 1 nitrogen and oxygen atoms in total. The zero-order chi connectivity index (χ0) is 11.5. The molecule has 0 aliphatic carbocycles. The number of hydrogen-bond donors (Lipinski definition) is 0. The van der Waals surface area contributed by atoms with Crippen LogP contribution in [0.2, 0.25) is 0 Å². The van der Waals surface area contributed by atoms with E-state index in [9.17, 15) is 0 Å². The molecule has 0 atom stereocenters. The van der Waals surface area contributed by atoms with Gasteiger partial charge in [0.1, 0.15) is 0 Å². The molecule has 0 aliphatic rings. The zero-order valence-corrected chi connectivity index (χ0v) is 11.0. The van der Waals surface area contributed by atoms with Crippen LogP contribution in [0.5, 0.6) is 0 Å². The molecule has 0 unspecified atom stereocenters. The Morgan fingerprint density at radius 2 is 1.94 bits per heavy atom. The lowest BCUT2D eigenvalue weighted by Gasteiger charge is -2.07. The maximum absolute atomic E-state index is 4.41. The van der Waals surface area contributed by atoms with Gasteiger partial charge in [-0.05, 0) is 35.7 Å². The molecule has 0 fully saturated rings. The van der Waals surface area contributed by atoms with Gasteiger partial charge in [-0.2, -0.15) is 0 Å². The minimum atomic E-state index is 0.536. The second kappa shape index (κ2) is 4.79. The summed E-state index contributed by atoms with van der Waals surface area (Å²) in [7, 11) is 0. The van der Waals surface area contributed by atoms with Crippen molar-refractivity contribution in [2.45, 2.75) is 19.8 Å². The van der Waals surface area contributed by atoms with Crippen LogP contribution in [0.4, 0.5) is 0 Å². The fraction of sp³-hybridized carbons (Fsp3) is 0.214. The summed E-state index contributed by atoms with van der Waals surface area (Å²) in [5.74, 6) is 0.536. The Bertz CT molecular complexity index is 492. The van der Waals surface area contributed by atoms with Gasteiger partial charge in [-0.1, -0.05) is 41.9 Å². The molecule has 0 radical (unpaired) electrons. The normalized spacial score (nSPS) is 10.8. The Morgan fingerprint density at radius 3 is 2.62 bits per heavy atom. The van der Waals surface area contributed by atoms with Gasteiger partial charge in [0.2, 0.25) is 0 Å². The topological polar surface area (TPSA) is 12.9 Å². The lowest BCUT2D eigenvalue weighted by atomic mass is 10.0. The van der Waals surface area contributed by atoms with Crippen molar-refractivity contribution < 1.29 is 0 Å². The van der Waals surface area contributed by atoms with Gasteiger partial charge in [0.15, 0.2) is 0 Å². The van der Waals surface area contributed by atoms with E-state index in [2.05, 4.69) is 59.0 Å². The summed E-state index contributed by atoms with van der Waals surface area (Å²) in [5.41, 5.74) is 3.51. The molecular formula is C14H14BrN. The van der Waals surface area contributed by atoms with E-state index in [-0.39, 0.29) is 0 Å². The highest BCUT2D eigenvalue weighted by Gasteiger charge is 2.03. The quantitative estimate of drug-likeness (QED) is 0.779. The molecule has 0 spiro atoms. The van der Waals surface area contributed by atoms with Crippen molar-refractivity contribution in [1.29, 1.82) is 0 Å². The Morgan fingerprint density at radius 1 is 1.12 bits per heavy atom. The third-order valence-corrected chi connectivity index (χ3v) is 3.06. The molecule has 82 valence electrons. The van der Waals surface area contributed by atoms with E-state index in [1.54, 1.807) is 0 Å². The molecular weight excluding hydrogens is 262 g/mol. The third kappa shape index (κ3) is 2.50. The van der Waals surface area contributed by atoms with E-state index in [0.29, 0.717) is 5.92 Å². The van der Waals surface area contributed by atoms with Gasteiger partial charge in [-0.15, -0.1) is 0 Å². The van der Waals surface area contributed by atoms with Crippen LogP contribution in [-0.4, -0.2) is 4.98 Å². The molecule has 1 aromatic heterocycles. The van der Waals surface area contributed by atoms with Crippen LogP contribution in [0.25, 0.3) is 11.3 Å². The molecule has 0 N–H and O–H groups in total. The van der Waals surface area contributed by atoms with Crippen LogP contribution in [0.3, 0.4) is 0 Å². The van der Waals surface area contributed by atoms with Gasteiger partial charge in [0, 0.05) is 16.2 Å². The van der Waals surface area contributed by atoms with Crippen molar-refractivity contribution in [3.05, 3.63) is 52.6 Å². The number of benzene rings is 1. The number of aromatic nitrogens is 1. The fourth-order valence-corrected chi connectivity index (χ4v) is 2.01. The maximum Gasteiger partial charge on any atom is 0.0705 e. The highest BCUT2D eigenvalue weighted by Crippen LogP contribution is 2.24. The van der Waals surface area contributed by atoms with E-state index in [1.807, 2.05) is 18.3 Å². The van der Waals surface area contributed by atoms with Crippen molar-refractivity contribution in [2.75, 3.05) is 0 Å². The first-order valence-electron chi connectivity index (χ1n) is 5.38. The lowest BCUT2D eigenvalue weighted by Crippen LogP contribution is -1.90. The van der Waals surface area contributed by atoms with Crippen LogP contribution in [-0.2, 0) is 0 Å². The molecule has 2 rings (SSSR count). The van der Waals surface area contributed by atoms with E-state index in [4.69, 9.17) is 0 Å². The largest absolute Gasteiger partial charge is 0.256 e. The minimum absolute atomic E-state index is 0.536. The molecule has 1 aromatic carbocycles. The smallest absolute Gasteiger partial charge is 0.0705 e. The fourth-order valence-electron chi connectivity index (χ4n) is 1.61. The van der Waals surface area contributed by atoms with Crippen LogP contribution < -0.4 is 0 Å². The van der Waals surface area contributed by atoms with Crippen LogP contribution in [0.1, 0.15) is 25.3 Å². The van der Waals surface area contributed by atoms with Crippen molar-refractivity contribution in [2.24, 2.45) is 0 Å². The molecule has 2 heteroatoms. The summed E-state index contributed by atoms with van der Waals surface area (Å²) < 4.78 is 1.08. The highest BCUT2D eigenvalue weighted by atomic mass is 79.9. The molecule has 2 aromatic rings. The second-order valence-electron chi connectivity index (χ2n) is 4.14. The van der Waals surface area contributed by atoms with Gasteiger partial charge < -0.3 is 0 Å². The molecule has 0 bridgehead atoms. The number of rotatable bonds is 2. The first kappa shape index (κ1) is 11.3. The summed E-state index contributed by atoms with van der Waals surface area (Å²) in [6.07, 6.45) is 1.88. The average molecular weight is 276 g/mol. The van der Waals surface area contributed by atoms with Crippen LogP contribution in [0, 0.1) is 0 Å². The molecule has 0 aliphatic heterocycles. The van der Waals surface area contributed by atoms with E-state index in [0.717, 1.165) is 15.7 Å². The Kier molecular flexibility index (Phi) is 3.39. The summed E-state index contributed by atoms with van der Waals surface area (Å²) in [6.45, 7) is 4.39. The molecule has 0 amide bonds. The standard InChI is InChI=1S/C14H14BrN/c1-10(2)11-6-7-16-14(9-11)12-4-3-5-13(15)8-12/h3-10H,1-2H3. The van der Waals surface area contributed by atoms with Gasteiger partial charge in [-0.3, -0.25) is 4.98 Å². The Balaban J connectivity index is 2.44. The van der Waals surface area contributed by atoms with Crippen molar-refractivity contribution in [3.63, 3.8) is 0 Å². The molecule has 16 heavy (non-hydrogen) atoms. The molecule has 0 saturated heterocycles. The van der Waals surface area contributed by atoms with Crippen molar-refractivity contribution >= 4 is 15.9 Å². The molecule has 0 saturated carbocycles. The summed E-state index contributed by atoms with van der Waals surface area (Å²) >= 11 is 3.48. The number of nitrogens with zero attached hydrogens (tertiary/aromatic N) is 1. The monoisotopic (exact) mass is 275 g/mol. The van der Waals surface area contributed by atoms with Crippen molar-refractivity contribution in [1.82, 2.24) is 4.98 Å². The predicted octanol–water partition coefficient (Wildman–Crippen LogP) is 4.63. The zero-order valence-electron chi connectivity index (χ0n) is 9.44. The second-order valence-corrected chi connectivity index (χ2v) is 5.06. The number of halogens is 1. The van der Waals surface area contributed by atoms with Gasteiger partial charge in [0.25, 0.3) is 0 Å². The average Bonchev–Trinajstić information content (AvgIpc) is 2.29. The van der Waals surface area contributed by atoms with Gasteiger partial charge >= 0.3 is 0 Å². The summed E-state index contributed by atoms with van der Waals surface area (Å²) in [5, 5.41) is 0. The van der Waals surface area contributed by atoms with E-state index < -0.39 is 0 Å². The SMILES string of the molecule is CC(C)c1ccnc(-c2cccc(Br)c2)c1. The van der Waals surface area contributed by atoms with E-state index >= 15 is 0 Å². The third-order valence-electron chi connectivity index (χ3n) is 2.57. The Hall–Kier alpha value is -1.15. The number of hydrogen-bond acceptors (Lipinski definition) is 1. The number of pyridine rings is 1. The van der Waals surface area contributed by atoms with Gasteiger partial charge in [-0.25, -0.2) is 0 Å². The van der Waals surface area contributed by atoms with Gasteiger partial charge in [0.05, 0.1) is 5.69 Å². The first-order valence-corrected chi connectivity index (χ1v) is 6.18. The Labute approximate surface area is 105 Å². The van der Waals surface area contributed by atoms with Crippen LogP contribution >= 0.6 is 15.9 Å².